The van der Waals surface area contributed by atoms with Crippen molar-refractivity contribution in [2.45, 2.75) is 20.3 Å². The number of benzene rings is 1. The number of methoxy groups -OCH3 is 1. The highest BCUT2D eigenvalue weighted by Gasteiger charge is 2.03. The minimum absolute atomic E-state index is 0.901. The largest absolute Gasteiger partial charge is 0.501 e. The fourth-order valence-electron chi connectivity index (χ4n) is 1.49. The summed E-state index contributed by atoms with van der Waals surface area (Å²) in [5.41, 5.74) is 2.36. The van der Waals surface area contributed by atoms with Crippen LogP contribution >= 0.6 is 15.9 Å². The fourth-order valence-corrected chi connectivity index (χ4v) is 2.00. The summed E-state index contributed by atoms with van der Waals surface area (Å²) < 4.78 is 6.40. The van der Waals surface area contributed by atoms with Crippen LogP contribution in [-0.4, -0.2) is 7.11 Å². The van der Waals surface area contributed by atoms with E-state index in [-0.39, 0.29) is 0 Å². The molecule has 0 aliphatic rings. The number of halogens is 1. The Hall–Kier alpha value is -1.02. The Morgan fingerprint density at radius 3 is 2.56 bits per heavy atom. The van der Waals surface area contributed by atoms with Gasteiger partial charge in [0.15, 0.2) is 0 Å². The molecule has 1 aromatic rings. The monoisotopic (exact) mass is 280 g/mol. The summed E-state index contributed by atoms with van der Waals surface area (Å²) in [6, 6.07) is 8.20. The molecule has 0 fully saturated rings. The maximum Gasteiger partial charge on any atom is 0.0958 e. The van der Waals surface area contributed by atoms with Crippen LogP contribution in [0, 0.1) is 0 Å². The lowest BCUT2D eigenvalue weighted by molar-refractivity contribution is 0.281. The Kier molecular flexibility index (Phi) is 5.33. The van der Waals surface area contributed by atoms with Gasteiger partial charge in [0, 0.05) is 10.9 Å². The molecular weight excluding hydrogens is 264 g/mol. The first-order valence-corrected chi connectivity index (χ1v) is 6.18. The van der Waals surface area contributed by atoms with Crippen LogP contribution in [0.2, 0.25) is 0 Å². The van der Waals surface area contributed by atoms with E-state index >= 15 is 0 Å². The van der Waals surface area contributed by atoms with Crippen molar-refractivity contribution in [3.63, 3.8) is 0 Å². The molecule has 0 aromatic heterocycles. The van der Waals surface area contributed by atoms with Crippen LogP contribution < -0.4 is 0 Å². The minimum atomic E-state index is 0.901. The Bertz CT molecular complexity index is 399. The summed E-state index contributed by atoms with van der Waals surface area (Å²) in [5, 5.41) is 0. The van der Waals surface area contributed by atoms with Gasteiger partial charge in [-0.2, -0.15) is 0 Å². The first kappa shape index (κ1) is 13.0. The molecular formula is C14H17BrO. The highest BCUT2D eigenvalue weighted by Crippen LogP contribution is 2.26. The third-order valence-corrected chi connectivity index (χ3v) is 3.11. The van der Waals surface area contributed by atoms with E-state index in [1.54, 1.807) is 7.11 Å². The molecule has 0 aliphatic heterocycles. The van der Waals surface area contributed by atoms with Gasteiger partial charge < -0.3 is 4.74 Å². The Balaban J connectivity index is 3.10. The predicted octanol–water partition coefficient (Wildman–Crippen LogP) is 4.79. The van der Waals surface area contributed by atoms with Crippen molar-refractivity contribution < 1.29 is 4.74 Å². The zero-order valence-corrected chi connectivity index (χ0v) is 11.5. The maximum absolute atomic E-state index is 5.30. The molecule has 0 bridgehead atoms. The van der Waals surface area contributed by atoms with E-state index in [1.807, 2.05) is 25.1 Å². The van der Waals surface area contributed by atoms with E-state index in [9.17, 15) is 0 Å². The van der Waals surface area contributed by atoms with Gasteiger partial charge in [-0.1, -0.05) is 47.1 Å². The predicted molar refractivity (Wildman–Crippen MR) is 73.2 cm³/mol. The number of ether oxygens (including phenoxy) is 1. The molecule has 0 spiro atoms. The molecule has 16 heavy (non-hydrogen) atoms. The molecule has 0 saturated heterocycles. The lowest BCUT2D eigenvalue weighted by atomic mass is 10.0. The first-order valence-electron chi connectivity index (χ1n) is 5.38. The van der Waals surface area contributed by atoms with Gasteiger partial charge in [0.05, 0.1) is 12.9 Å². The van der Waals surface area contributed by atoms with Gasteiger partial charge >= 0.3 is 0 Å². The summed E-state index contributed by atoms with van der Waals surface area (Å²) in [6.07, 6.45) is 5.08. The van der Waals surface area contributed by atoms with Crippen molar-refractivity contribution in [2.75, 3.05) is 7.11 Å². The lowest BCUT2D eigenvalue weighted by Gasteiger charge is -2.08. The van der Waals surface area contributed by atoms with Gasteiger partial charge in [0.2, 0.25) is 0 Å². The van der Waals surface area contributed by atoms with Crippen LogP contribution in [0.15, 0.2) is 46.6 Å². The van der Waals surface area contributed by atoms with Crippen LogP contribution in [0.5, 0.6) is 0 Å². The van der Waals surface area contributed by atoms with E-state index in [0.29, 0.717) is 0 Å². The molecule has 0 heterocycles. The van der Waals surface area contributed by atoms with Crippen LogP contribution in [0.1, 0.15) is 25.8 Å². The molecule has 0 unspecified atom stereocenters. The SMILES string of the molecule is C/C=C(\C=C(/CC)OC)c1ccccc1Br. The van der Waals surface area contributed by atoms with Gasteiger partial charge in [-0.15, -0.1) is 0 Å². The Morgan fingerprint density at radius 2 is 2.06 bits per heavy atom. The highest BCUT2D eigenvalue weighted by atomic mass is 79.9. The van der Waals surface area contributed by atoms with E-state index in [0.717, 1.165) is 16.7 Å². The number of rotatable bonds is 4. The summed E-state index contributed by atoms with van der Waals surface area (Å²) in [5.74, 6) is 0.990. The number of hydrogen-bond acceptors (Lipinski definition) is 1. The molecule has 0 N–H and O–H groups in total. The van der Waals surface area contributed by atoms with Crippen molar-refractivity contribution in [2.24, 2.45) is 0 Å². The Morgan fingerprint density at radius 1 is 1.38 bits per heavy atom. The van der Waals surface area contributed by atoms with E-state index in [1.165, 1.54) is 11.1 Å². The summed E-state index contributed by atoms with van der Waals surface area (Å²) in [7, 11) is 1.71. The maximum atomic E-state index is 5.30. The lowest BCUT2D eigenvalue weighted by Crippen LogP contribution is -1.88. The van der Waals surface area contributed by atoms with E-state index < -0.39 is 0 Å². The van der Waals surface area contributed by atoms with Gasteiger partial charge in [-0.05, 0) is 30.2 Å². The van der Waals surface area contributed by atoms with Gasteiger partial charge in [-0.3, -0.25) is 0 Å². The zero-order valence-electron chi connectivity index (χ0n) is 9.96. The average molecular weight is 281 g/mol. The number of hydrogen-bond donors (Lipinski definition) is 0. The van der Waals surface area contributed by atoms with E-state index in [4.69, 9.17) is 4.74 Å². The van der Waals surface area contributed by atoms with Gasteiger partial charge in [0.25, 0.3) is 0 Å². The third-order valence-electron chi connectivity index (χ3n) is 2.42. The second-order valence-electron chi connectivity index (χ2n) is 3.39. The van der Waals surface area contributed by atoms with Crippen LogP contribution in [0.4, 0.5) is 0 Å². The second-order valence-corrected chi connectivity index (χ2v) is 4.25. The molecule has 0 amide bonds. The Labute approximate surface area is 106 Å². The fraction of sp³-hybridized carbons (Fsp3) is 0.286. The van der Waals surface area contributed by atoms with Crippen molar-refractivity contribution in [3.8, 4) is 0 Å². The average Bonchev–Trinajstić information content (AvgIpc) is 2.32. The van der Waals surface area contributed by atoms with Crippen molar-refractivity contribution in [1.29, 1.82) is 0 Å². The van der Waals surface area contributed by atoms with Gasteiger partial charge in [-0.25, -0.2) is 0 Å². The molecule has 1 rings (SSSR count). The first-order chi connectivity index (χ1) is 7.72. The summed E-state index contributed by atoms with van der Waals surface area (Å²) in [6.45, 7) is 4.12. The number of allylic oxidation sites excluding steroid dienone is 4. The van der Waals surface area contributed by atoms with Crippen LogP contribution in [0.25, 0.3) is 5.57 Å². The minimum Gasteiger partial charge on any atom is -0.501 e. The quantitative estimate of drug-likeness (QED) is 0.569. The van der Waals surface area contributed by atoms with Crippen LogP contribution in [-0.2, 0) is 4.74 Å². The molecule has 1 aromatic carbocycles. The van der Waals surface area contributed by atoms with E-state index in [2.05, 4.69) is 41.1 Å². The second kappa shape index (κ2) is 6.54. The zero-order chi connectivity index (χ0) is 12.0. The van der Waals surface area contributed by atoms with Crippen LogP contribution in [0.3, 0.4) is 0 Å². The smallest absolute Gasteiger partial charge is 0.0958 e. The normalized spacial score (nSPS) is 12.8. The highest BCUT2D eigenvalue weighted by molar-refractivity contribution is 9.10. The molecule has 86 valence electrons. The van der Waals surface area contributed by atoms with Crippen molar-refractivity contribution in [1.82, 2.24) is 0 Å². The summed E-state index contributed by atoms with van der Waals surface area (Å²) in [4.78, 5) is 0. The van der Waals surface area contributed by atoms with Gasteiger partial charge in [0.1, 0.15) is 0 Å². The molecule has 0 aliphatic carbocycles. The topological polar surface area (TPSA) is 9.23 Å². The molecule has 2 heteroatoms. The molecule has 0 saturated carbocycles. The molecule has 0 radical (unpaired) electrons. The molecule has 0 atom stereocenters. The summed E-state index contributed by atoms with van der Waals surface area (Å²) >= 11 is 3.56. The van der Waals surface area contributed by atoms with Crippen molar-refractivity contribution in [3.05, 3.63) is 52.2 Å². The van der Waals surface area contributed by atoms with Crippen molar-refractivity contribution >= 4 is 21.5 Å². The molecule has 1 nitrogen and oxygen atoms in total. The standard InChI is InChI=1S/C14H17BrO/c1-4-11(10-12(5-2)16-3)13-8-6-7-9-14(13)15/h4,6-10H,5H2,1-3H3/b11-4+,12-10+. The third kappa shape index (κ3) is 3.24.